The van der Waals surface area contributed by atoms with E-state index in [0.29, 0.717) is 23.7 Å². The maximum Gasteiger partial charge on any atom is 0.295 e. The van der Waals surface area contributed by atoms with Crippen molar-refractivity contribution in [2.24, 2.45) is 11.8 Å². The van der Waals surface area contributed by atoms with E-state index in [0.717, 1.165) is 23.4 Å². The quantitative estimate of drug-likeness (QED) is 0.496. The molecule has 6 heteroatoms. The monoisotopic (exact) mass is 426 g/mol. The summed E-state index contributed by atoms with van der Waals surface area (Å²) in [7, 11) is -3.80. The molecular formula is C24H30N2O3S. The molecule has 2 aromatic carbocycles. The lowest BCUT2D eigenvalue weighted by Gasteiger charge is -2.28. The van der Waals surface area contributed by atoms with Gasteiger partial charge in [-0.05, 0) is 36.1 Å². The Bertz CT molecular complexity index is 1050. The van der Waals surface area contributed by atoms with Crippen LogP contribution < -0.4 is 10.0 Å². The average Bonchev–Trinajstić information content (AvgIpc) is 3.21. The molecule has 1 fully saturated rings. The van der Waals surface area contributed by atoms with Crippen molar-refractivity contribution in [3.63, 3.8) is 0 Å². The molecule has 3 aromatic rings. The zero-order valence-electron chi connectivity index (χ0n) is 17.4. The standard InChI is InChI=1S/C24H30N2O3S/c1-18(19-9-3-2-4-10-19)16-25-17-21-12-5-7-13-22(21)26-30(27,28)24-15-20-11-6-8-14-23(20)29-24/h5-8,11-15,18-19,25-26H,2-4,9-10,16-17H2,1H3. The highest BCUT2D eigenvalue weighted by Crippen LogP contribution is 2.30. The van der Waals surface area contributed by atoms with E-state index in [9.17, 15) is 8.42 Å². The Morgan fingerprint density at radius 2 is 1.77 bits per heavy atom. The second kappa shape index (κ2) is 9.23. The topological polar surface area (TPSA) is 71.3 Å². The van der Waals surface area contributed by atoms with Gasteiger partial charge in [0.1, 0.15) is 5.58 Å². The van der Waals surface area contributed by atoms with Crippen molar-refractivity contribution in [3.05, 3.63) is 60.2 Å². The summed E-state index contributed by atoms with van der Waals surface area (Å²) >= 11 is 0. The number of sulfonamides is 1. The molecule has 1 aromatic heterocycles. The Morgan fingerprint density at radius 1 is 1.03 bits per heavy atom. The smallest absolute Gasteiger partial charge is 0.295 e. The molecule has 0 bridgehead atoms. The third-order valence-electron chi connectivity index (χ3n) is 6.17. The summed E-state index contributed by atoms with van der Waals surface area (Å²) in [4.78, 5) is 0. The van der Waals surface area contributed by atoms with Crippen LogP contribution in [0.15, 0.2) is 64.1 Å². The first kappa shape index (κ1) is 20.9. The van der Waals surface area contributed by atoms with Gasteiger partial charge in [-0.15, -0.1) is 0 Å². The molecule has 0 radical (unpaired) electrons. The summed E-state index contributed by atoms with van der Waals surface area (Å²) in [5.41, 5.74) is 2.06. The minimum Gasteiger partial charge on any atom is -0.443 e. The predicted octanol–water partition coefficient (Wildman–Crippen LogP) is 5.54. The van der Waals surface area contributed by atoms with Gasteiger partial charge in [0, 0.05) is 18.0 Å². The minimum absolute atomic E-state index is 0.0719. The van der Waals surface area contributed by atoms with E-state index in [2.05, 4.69) is 17.0 Å². The van der Waals surface area contributed by atoms with Crippen molar-refractivity contribution < 1.29 is 12.8 Å². The first-order valence-electron chi connectivity index (χ1n) is 10.8. The van der Waals surface area contributed by atoms with Crippen LogP contribution in [0.3, 0.4) is 0 Å². The molecule has 1 atom stereocenters. The number of nitrogens with one attached hydrogen (secondary N) is 2. The number of benzene rings is 2. The Hall–Kier alpha value is -2.31. The van der Waals surface area contributed by atoms with Crippen LogP contribution in [0.1, 0.15) is 44.6 Å². The van der Waals surface area contributed by atoms with Crippen molar-refractivity contribution >= 4 is 26.7 Å². The van der Waals surface area contributed by atoms with Gasteiger partial charge in [-0.1, -0.05) is 75.4 Å². The van der Waals surface area contributed by atoms with Crippen LogP contribution >= 0.6 is 0 Å². The zero-order chi connectivity index (χ0) is 21.0. The molecule has 1 aliphatic carbocycles. The number of para-hydroxylation sites is 2. The maximum atomic E-state index is 12.9. The fraction of sp³-hybridized carbons (Fsp3) is 0.417. The van der Waals surface area contributed by atoms with Crippen LogP contribution in [0.25, 0.3) is 11.0 Å². The van der Waals surface area contributed by atoms with Gasteiger partial charge in [-0.3, -0.25) is 4.72 Å². The van der Waals surface area contributed by atoms with Gasteiger partial charge < -0.3 is 9.73 Å². The molecule has 160 valence electrons. The Labute approximate surface area is 178 Å². The van der Waals surface area contributed by atoms with E-state index in [1.807, 2.05) is 36.4 Å². The van der Waals surface area contributed by atoms with Crippen molar-refractivity contribution in [2.45, 2.75) is 50.7 Å². The van der Waals surface area contributed by atoms with E-state index < -0.39 is 10.0 Å². The first-order valence-corrected chi connectivity index (χ1v) is 12.3. The van der Waals surface area contributed by atoms with E-state index in [1.54, 1.807) is 18.2 Å². The van der Waals surface area contributed by atoms with Crippen LogP contribution in [0.4, 0.5) is 5.69 Å². The highest BCUT2D eigenvalue weighted by molar-refractivity contribution is 7.92. The summed E-state index contributed by atoms with van der Waals surface area (Å²) in [5.74, 6) is 1.43. The molecule has 2 N–H and O–H groups in total. The summed E-state index contributed by atoms with van der Waals surface area (Å²) in [6, 6.07) is 16.4. The zero-order valence-corrected chi connectivity index (χ0v) is 18.3. The molecule has 1 aliphatic rings. The summed E-state index contributed by atoms with van der Waals surface area (Å²) in [6.07, 6.45) is 6.73. The number of hydrogen-bond donors (Lipinski definition) is 2. The molecule has 5 nitrogen and oxygen atoms in total. The summed E-state index contributed by atoms with van der Waals surface area (Å²) < 4.78 is 34.0. The second-order valence-electron chi connectivity index (χ2n) is 8.37. The van der Waals surface area contributed by atoms with Gasteiger partial charge in [0.15, 0.2) is 0 Å². The van der Waals surface area contributed by atoms with Gasteiger partial charge in [0.05, 0.1) is 5.69 Å². The SMILES string of the molecule is CC(CNCc1ccccc1NS(=O)(=O)c1cc2ccccc2o1)C1CCCCC1. The van der Waals surface area contributed by atoms with Gasteiger partial charge in [0.25, 0.3) is 10.0 Å². The lowest BCUT2D eigenvalue weighted by Crippen LogP contribution is -2.27. The molecule has 0 aliphatic heterocycles. The molecule has 1 saturated carbocycles. The third-order valence-corrected chi connectivity index (χ3v) is 7.39. The highest BCUT2D eigenvalue weighted by Gasteiger charge is 2.22. The van der Waals surface area contributed by atoms with Gasteiger partial charge >= 0.3 is 0 Å². The normalized spacial score (nSPS) is 16.6. The van der Waals surface area contributed by atoms with Crippen LogP contribution in [-0.4, -0.2) is 15.0 Å². The molecule has 1 unspecified atom stereocenters. The van der Waals surface area contributed by atoms with E-state index in [-0.39, 0.29) is 5.09 Å². The molecule has 0 amide bonds. The Kier molecular flexibility index (Phi) is 6.44. The fourth-order valence-electron chi connectivity index (χ4n) is 4.36. The van der Waals surface area contributed by atoms with E-state index >= 15 is 0 Å². The highest BCUT2D eigenvalue weighted by atomic mass is 32.2. The third kappa shape index (κ3) is 4.87. The lowest BCUT2D eigenvalue weighted by atomic mass is 9.81. The first-order chi connectivity index (χ1) is 14.5. The van der Waals surface area contributed by atoms with Gasteiger partial charge in [-0.25, -0.2) is 0 Å². The molecule has 4 rings (SSSR count). The van der Waals surface area contributed by atoms with Crippen molar-refractivity contribution in [3.8, 4) is 0 Å². The molecule has 30 heavy (non-hydrogen) atoms. The number of hydrogen-bond acceptors (Lipinski definition) is 4. The van der Waals surface area contributed by atoms with Crippen LogP contribution in [0.5, 0.6) is 0 Å². The maximum absolute atomic E-state index is 12.9. The van der Waals surface area contributed by atoms with Crippen LogP contribution in [0, 0.1) is 11.8 Å². The van der Waals surface area contributed by atoms with Crippen molar-refractivity contribution in [1.29, 1.82) is 0 Å². The fourth-order valence-corrected chi connectivity index (χ4v) is 5.43. The lowest BCUT2D eigenvalue weighted by molar-refractivity contribution is 0.256. The van der Waals surface area contributed by atoms with Crippen LogP contribution in [0.2, 0.25) is 0 Å². The van der Waals surface area contributed by atoms with Crippen molar-refractivity contribution in [1.82, 2.24) is 5.32 Å². The van der Waals surface area contributed by atoms with E-state index in [1.165, 1.54) is 32.1 Å². The van der Waals surface area contributed by atoms with E-state index in [4.69, 9.17) is 4.42 Å². The summed E-state index contributed by atoms with van der Waals surface area (Å²) in [5, 5.41) is 4.22. The average molecular weight is 427 g/mol. The molecular weight excluding hydrogens is 396 g/mol. The van der Waals surface area contributed by atoms with Gasteiger partial charge in [-0.2, -0.15) is 8.42 Å². The van der Waals surface area contributed by atoms with Crippen molar-refractivity contribution in [2.75, 3.05) is 11.3 Å². The number of furan rings is 1. The second-order valence-corrected chi connectivity index (χ2v) is 9.99. The molecule has 1 heterocycles. The summed E-state index contributed by atoms with van der Waals surface area (Å²) in [6.45, 7) is 3.88. The Balaban J connectivity index is 1.42. The molecule has 0 saturated heterocycles. The number of anilines is 1. The van der Waals surface area contributed by atoms with Gasteiger partial charge in [0.2, 0.25) is 5.09 Å². The number of fused-ring (bicyclic) bond motifs is 1. The largest absolute Gasteiger partial charge is 0.443 e. The minimum atomic E-state index is -3.80. The Morgan fingerprint density at radius 3 is 2.57 bits per heavy atom. The molecule has 0 spiro atoms. The number of rotatable bonds is 8. The predicted molar refractivity (Wildman–Crippen MR) is 121 cm³/mol. The van der Waals surface area contributed by atoms with Crippen LogP contribution in [-0.2, 0) is 16.6 Å².